The molecule has 1 atom stereocenters. The zero-order valence-corrected chi connectivity index (χ0v) is 13.0. The van der Waals surface area contributed by atoms with Gasteiger partial charge < -0.3 is 5.32 Å². The van der Waals surface area contributed by atoms with Crippen LogP contribution >= 0.6 is 23.2 Å². The van der Waals surface area contributed by atoms with Gasteiger partial charge in [-0.05, 0) is 36.3 Å². The molecular formula is C17H15Cl2NO. The molecule has 0 aliphatic rings. The number of benzene rings is 2. The Balaban J connectivity index is 2.00. The van der Waals surface area contributed by atoms with Gasteiger partial charge in [0, 0.05) is 16.1 Å². The minimum Gasteiger partial charge on any atom is -0.346 e. The highest BCUT2D eigenvalue weighted by atomic mass is 35.5. The van der Waals surface area contributed by atoms with Gasteiger partial charge in [-0.2, -0.15) is 0 Å². The number of hydrogen-bond acceptors (Lipinski definition) is 1. The van der Waals surface area contributed by atoms with Crippen molar-refractivity contribution in [2.24, 2.45) is 0 Å². The summed E-state index contributed by atoms with van der Waals surface area (Å²) in [7, 11) is 0. The van der Waals surface area contributed by atoms with Crippen molar-refractivity contribution in [3.05, 3.63) is 75.8 Å². The van der Waals surface area contributed by atoms with Gasteiger partial charge in [-0.15, -0.1) is 0 Å². The van der Waals surface area contributed by atoms with Crippen molar-refractivity contribution in [2.75, 3.05) is 0 Å². The van der Waals surface area contributed by atoms with Crippen LogP contribution in [0.15, 0.2) is 54.6 Å². The highest BCUT2D eigenvalue weighted by Gasteiger charge is 2.11. The Bertz CT molecular complexity index is 653. The van der Waals surface area contributed by atoms with E-state index in [0.29, 0.717) is 10.0 Å². The Morgan fingerprint density at radius 2 is 1.86 bits per heavy atom. The van der Waals surface area contributed by atoms with Crippen molar-refractivity contribution >= 4 is 35.2 Å². The second kappa shape index (κ2) is 7.30. The lowest BCUT2D eigenvalue weighted by Crippen LogP contribution is -2.24. The fourth-order valence-electron chi connectivity index (χ4n) is 1.93. The summed E-state index contributed by atoms with van der Waals surface area (Å²) in [6.07, 6.45) is 3.28. The summed E-state index contributed by atoms with van der Waals surface area (Å²) in [5.41, 5.74) is 1.81. The molecule has 0 unspecified atom stereocenters. The standard InChI is InChI=1S/C17H15Cl2NO/c1-12(15-9-8-14(18)11-16(15)19)20-17(21)10-7-13-5-3-2-4-6-13/h2-12H,1H3,(H,20,21)/b10-7+/t12-/m0/s1. The summed E-state index contributed by atoms with van der Waals surface area (Å²) in [5, 5.41) is 3.99. The smallest absolute Gasteiger partial charge is 0.244 e. The summed E-state index contributed by atoms with van der Waals surface area (Å²) in [5.74, 6) is -0.169. The van der Waals surface area contributed by atoms with Crippen LogP contribution in [0.25, 0.3) is 6.08 Å². The number of nitrogens with one attached hydrogen (secondary N) is 1. The fourth-order valence-corrected chi connectivity index (χ4v) is 2.50. The van der Waals surface area contributed by atoms with E-state index in [-0.39, 0.29) is 11.9 Å². The molecule has 0 radical (unpaired) electrons. The van der Waals surface area contributed by atoms with Crippen LogP contribution in [0.3, 0.4) is 0 Å². The summed E-state index contributed by atoms with van der Waals surface area (Å²) < 4.78 is 0. The minimum absolute atomic E-state index is 0.169. The average Bonchev–Trinajstić information content (AvgIpc) is 2.46. The number of amides is 1. The highest BCUT2D eigenvalue weighted by molar-refractivity contribution is 6.35. The van der Waals surface area contributed by atoms with Gasteiger partial charge in [0.15, 0.2) is 0 Å². The molecule has 0 saturated carbocycles. The molecule has 0 saturated heterocycles. The quantitative estimate of drug-likeness (QED) is 0.799. The van der Waals surface area contributed by atoms with Crippen molar-refractivity contribution < 1.29 is 4.79 Å². The summed E-state index contributed by atoms with van der Waals surface area (Å²) in [4.78, 5) is 11.9. The van der Waals surface area contributed by atoms with Crippen LogP contribution in [0.4, 0.5) is 0 Å². The summed E-state index contributed by atoms with van der Waals surface area (Å²) in [6.45, 7) is 1.88. The predicted molar refractivity (Wildman–Crippen MR) is 88.5 cm³/mol. The molecule has 21 heavy (non-hydrogen) atoms. The number of carbonyl (C=O) groups excluding carboxylic acids is 1. The lowest BCUT2D eigenvalue weighted by molar-refractivity contribution is -0.117. The van der Waals surface area contributed by atoms with Gasteiger partial charge >= 0.3 is 0 Å². The van der Waals surface area contributed by atoms with Crippen LogP contribution in [0, 0.1) is 0 Å². The second-order valence-electron chi connectivity index (χ2n) is 4.64. The van der Waals surface area contributed by atoms with Crippen LogP contribution in [0.2, 0.25) is 10.0 Å². The van der Waals surface area contributed by atoms with Gasteiger partial charge in [-0.25, -0.2) is 0 Å². The van der Waals surface area contributed by atoms with Gasteiger partial charge in [-0.3, -0.25) is 4.79 Å². The van der Waals surface area contributed by atoms with Crippen LogP contribution < -0.4 is 5.32 Å². The third-order valence-electron chi connectivity index (χ3n) is 3.01. The lowest BCUT2D eigenvalue weighted by atomic mass is 10.1. The van der Waals surface area contributed by atoms with E-state index < -0.39 is 0 Å². The van der Waals surface area contributed by atoms with Gasteiger partial charge in [0.25, 0.3) is 0 Å². The molecule has 2 aromatic rings. The molecule has 0 spiro atoms. The maximum Gasteiger partial charge on any atom is 0.244 e. The fraction of sp³-hybridized carbons (Fsp3) is 0.118. The highest BCUT2D eigenvalue weighted by Crippen LogP contribution is 2.26. The molecule has 108 valence electrons. The monoisotopic (exact) mass is 319 g/mol. The topological polar surface area (TPSA) is 29.1 Å². The Morgan fingerprint density at radius 1 is 1.14 bits per heavy atom. The van der Waals surface area contributed by atoms with E-state index in [2.05, 4.69) is 5.32 Å². The van der Waals surface area contributed by atoms with E-state index in [0.717, 1.165) is 11.1 Å². The Morgan fingerprint density at radius 3 is 2.52 bits per heavy atom. The van der Waals surface area contributed by atoms with Crippen molar-refractivity contribution in [3.8, 4) is 0 Å². The first kappa shape index (κ1) is 15.6. The van der Waals surface area contributed by atoms with Crippen LogP contribution in [-0.2, 0) is 4.79 Å². The molecule has 0 heterocycles. The number of rotatable bonds is 4. The zero-order chi connectivity index (χ0) is 15.2. The normalized spacial score (nSPS) is 12.3. The first-order valence-corrected chi connectivity index (χ1v) is 7.30. The SMILES string of the molecule is C[C@H](NC(=O)/C=C/c1ccccc1)c1ccc(Cl)cc1Cl. The van der Waals surface area contributed by atoms with Crippen LogP contribution in [-0.4, -0.2) is 5.91 Å². The number of carbonyl (C=O) groups is 1. The van der Waals surface area contributed by atoms with E-state index in [1.807, 2.05) is 43.3 Å². The van der Waals surface area contributed by atoms with E-state index in [1.165, 1.54) is 6.08 Å². The first-order chi connectivity index (χ1) is 10.1. The van der Waals surface area contributed by atoms with Crippen molar-refractivity contribution in [3.63, 3.8) is 0 Å². The number of halogens is 2. The molecule has 0 aliphatic carbocycles. The molecule has 0 fully saturated rings. The lowest BCUT2D eigenvalue weighted by Gasteiger charge is -2.14. The molecule has 2 aromatic carbocycles. The first-order valence-electron chi connectivity index (χ1n) is 6.55. The molecule has 2 nitrogen and oxygen atoms in total. The largest absolute Gasteiger partial charge is 0.346 e. The predicted octanol–water partition coefficient (Wildman–Crippen LogP) is 4.88. The Kier molecular flexibility index (Phi) is 5.43. The maximum atomic E-state index is 11.9. The van der Waals surface area contributed by atoms with Gasteiger partial charge in [-0.1, -0.05) is 59.6 Å². The van der Waals surface area contributed by atoms with Crippen molar-refractivity contribution in [1.29, 1.82) is 0 Å². The van der Waals surface area contributed by atoms with Crippen LogP contribution in [0.5, 0.6) is 0 Å². The zero-order valence-electron chi connectivity index (χ0n) is 11.5. The van der Waals surface area contributed by atoms with Gasteiger partial charge in [0.1, 0.15) is 0 Å². The summed E-state index contributed by atoms with van der Waals surface area (Å²) in [6, 6.07) is 14.7. The van der Waals surface area contributed by atoms with E-state index in [4.69, 9.17) is 23.2 Å². The van der Waals surface area contributed by atoms with Crippen molar-refractivity contribution in [1.82, 2.24) is 5.32 Å². The maximum absolute atomic E-state index is 11.9. The van der Waals surface area contributed by atoms with Crippen molar-refractivity contribution in [2.45, 2.75) is 13.0 Å². The molecule has 0 aliphatic heterocycles. The molecule has 4 heteroatoms. The van der Waals surface area contributed by atoms with Gasteiger partial charge in [0.2, 0.25) is 5.91 Å². The average molecular weight is 320 g/mol. The Hall–Kier alpha value is -1.77. The molecular weight excluding hydrogens is 305 g/mol. The second-order valence-corrected chi connectivity index (χ2v) is 5.48. The molecule has 2 rings (SSSR count). The Labute approximate surface area is 134 Å². The van der Waals surface area contributed by atoms with Gasteiger partial charge in [0.05, 0.1) is 6.04 Å². The summed E-state index contributed by atoms with van der Waals surface area (Å²) >= 11 is 12.0. The van der Waals surface area contributed by atoms with E-state index in [1.54, 1.807) is 18.2 Å². The molecule has 1 amide bonds. The third-order valence-corrected chi connectivity index (χ3v) is 3.58. The minimum atomic E-state index is -0.192. The number of hydrogen-bond donors (Lipinski definition) is 1. The molecule has 0 bridgehead atoms. The third kappa shape index (κ3) is 4.62. The van der Waals surface area contributed by atoms with E-state index in [9.17, 15) is 4.79 Å². The molecule has 1 N–H and O–H groups in total. The van der Waals surface area contributed by atoms with E-state index >= 15 is 0 Å². The van der Waals surface area contributed by atoms with Crippen LogP contribution in [0.1, 0.15) is 24.1 Å². The molecule has 0 aromatic heterocycles.